The van der Waals surface area contributed by atoms with Crippen LogP contribution in [0, 0.1) is 16.2 Å². The van der Waals surface area contributed by atoms with Crippen molar-refractivity contribution in [1.29, 1.82) is 0 Å². The zero-order valence-electron chi connectivity index (χ0n) is 18.6. The standard InChI is InChI=1S/C22H32O8/c1-11-8-13-20(7,15(25)14(11)24)19(6)9-22(29-12(2)23,30-17(26)18(3,4)5)16(28-13)21(19)10-27-21/h8,13-16,24-25H,9-10H2,1-7H3/t13-,14-,15-,16+,19-,20-,21+,22+/m1/s1. The molecule has 8 heteroatoms. The Bertz CT molecular complexity index is 823. The van der Waals surface area contributed by atoms with Crippen LogP contribution in [0.1, 0.15) is 54.9 Å². The fraction of sp³-hybridized carbons (Fsp3) is 0.818. The lowest BCUT2D eigenvalue weighted by Gasteiger charge is -2.58. The number of esters is 2. The molecule has 0 unspecified atom stereocenters. The maximum absolute atomic E-state index is 12.9. The van der Waals surface area contributed by atoms with Crippen molar-refractivity contribution in [3.63, 3.8) is 0 Å². The van der Waals surface area contributed by atoms with Crippen LogP contribution in [-0.2, 0) is 28.5 Å². The molecule has 2 bridgehead atoms. The summed E-state index contributed by atoms with van der Waals surface area (Å²) >= 11 is 0. The molecule has 0 aromatic heterocycles. The number of aliphatic hydroxyl groups excluding tert-OH is 2. The van der Waals surface area contributed by atoms with Crippen molar-refractivity contribution in [3.8, 4) is 0 Å². The fourth-order valence-corrected chi connectivity index (χ4v) is 5.76. The smallest absolute Gasteiger partial charge is 0.314 e. The SMILES string of the molecule is CC(=O)O[C@]1(OC(=O)C(C)(C)C)C[C@]2(C)[C@@]3(C)[C@H](O)[C@H](O)C(C)=C[C@H]3O[C@H]1[C@@]21CO1. The van der Waals surface area contributed by atoms with E-state index in [1.54, 1.807) is 33.8 Å². The minimum atomic E-state index is -1.69. The van der Waals surface area contributed by atoms with Gasteiger partial charge in [0.1, 0.15) is 11.7 Å². The molecule has 2 aliphatic carbocycles. The lowest BCUT2D eigenvalue weighted by Crippen LogP contribution is -2.68. The Morgan fingerprint density at radius 1 is 1.20 bits per heavy atom. The highest BCUT2D eigenvalue weighted by Gasteiger charge is 2.87. The first kappa shape index (κ1) is 21.7. The topological polar surface area (TPSA) is 115 Å². The molecule has 0 amide bonds. The fourth-order valence-electron chi connectivity index (χ4n) is 5.76. The van der Waals surface area contributed by atoms with E-state index in [0.717, 1.165) is 0 Å². The van der Waals surface area contributed by atoms with Gasteiger partial charge in [-0.05, 0) is 33.3 Å². The van der Waals surface area contributed by atoms with Gasteiger partial charge in [-0.25, -0.2) is 0 Å². The second kappa shape index (κ2) is 6.06. The van der Waals surface area contributed by atoms with Gasteiger partial charge in [0.05, 0.1) is 24.2 Å². The highest BCUT2D eigenvalue weighted by molar-refractivity contribution is 5.76. The third kappa shape index (κ3) is 2.48. The van der Waals surface area contributed by atoms with E-state index in [2.05, 4.69) is 0 Å². The number of rotatable bonds is 2. The van der Waals surface area contributed by atoms with Crippen LogP contribution < -0.4 is 0 Å². The molecule has 8 atom stereocenters. The summed E-state index contributed by atoms with van der Waals surface area (Å²) in [5.74, 6) is -2.82. The summed E-state index contributed by atoms with van der Waals surface area (Å²) in [5.41, 5.74) is -2.89. The molecule has 4 aliphatic rings. The summed E-state index contributed by atoms with van der Waals surface area (Å²) in [6.07, 6.45) is -1.73. The lowest BCUT2D eigenvalue weighted by atomic mass is 9.51. The number of carbonyl (C=O) groups excluding carboxylic acids is 2. The van der Waals surface area contributed by atoms with Gasteiger partial charge < -0.3 is 29.2 Å². The van der Waals surface area contributed by atoms with E-state index in [9.17, 15) is 19.8 Å². The molecule has 3 fully saturated rings. The summed E-state index contributed by atoms with van der Waals surface area (Å²) in [5, 5.41) is 21.8. The van der Waals surface area contributed by atoms with E-state index in [1.807, 2.05) is 13.8 Å². The highest BCUT2D eigenvalue weighted by Crippen LogP contribution is 2.74. The average molecular weight is 424 g/mol. The summed E-state index contributed by atoms with van der Waals surface area (Å²) in [6, 6.07) is 0. The van der Waals surface area contributed by atoms with Gasteiger partial charge in [-0.15, -0.1) is 0 Å². The molecule has 2 saturated heterocycles. The quantitative estimate of drug-likeness (QED) is 0.296. The zero-order chi connectivity index (χ0) is 22.5. The van der Waals surface area contributed by atoms with E-state index < -0.39 is 64.0 Å². The number of ether oxygens (including phenoxy) is 4. The number of aliphatic hydroxyl groups is 2. The van der Waals surface area contributed by atoms with Gasteiger partial charge in [0, 0.05) is 24.2 Å². The minimum absolute atomic E-state index is 0.0930. The van der Waals surface area contributed by atoms with Crippen LogP contribution in [0.3, 0.4) is 0 Å². The van der Waals surface area contributed by atoms with Gasteiger partial charge in [0.15, 0.2) is 6.10 Å². The summed E-state index contributed by atoms with van der Waals surface area (Å²) in [7, 11) is 0. The van der Waals surface area contributed by atoms with Crippen LogP contribution in [0.25, 0.3) is 0 Å². The number of carbonyl (C=O) groups is 2. The Morgan fingerprint density at radius 3 is 2.30 bits per heavy atom. The van der Waals surface area contributed by atoms with Crippen molar-refractivity contribution in [3.05, 3.63) is 11.6 Å². The molecule has 0 aromatic rings. The lowest BCUT2D eigenvalue weighted by molar-refractivity contribution is -0.285. The second-order valence-electron chi connectivity index (χ2n) is 10.8. The molecule has 0 radical (unpaired) electrons. The van der Waals surface area contributed by atoms with Crippen LogP contribution in [0.4, 0.5) is 0 Å². The Hall–Kier alpha value is -1.48. The highest BCUT2D eigenvalue weighted by atomic mass is 16.8. The Labute approximate surface area is 176 Å². The van der Waals surface area contributed by atoms with Gasteiger partial charge >= 0.3 is 11.9 Å². The molecule has 1 saturated carbocycles. The third-order valence-corrected chi connectivity index (χ3v) is 7.86. The van der Waals surface area contributed by atoms with Gasteiger partial charge in [-0.1, -0.05) is 19.9 Å². The van der Waals surface area contributed by atoms with E-state index in [4.69, 9.17) is 18.9 Å². The van der Waals surface area contributed by atoms with Crippen LogP contribution in [0.15, 0.2) is 11.6 Å². The number of hydrogen-bond acceptors (Lipinski definition) is 8. The second-order valence-corrected chi connectivity index (χ2v) is 10.8. The first-order valence-electron chi connectivity index (χ1n) is 10.4. The van der Waals surface area contributed by atoms with E-state index >= 15 is 0 Å². The number of hydrogen-bond donors (Lipinski definition) is 2. The monoisotopic (exact) mass is 424 g/mol. The predicted octanol–water partition coefficient (Wildman–Crippen LogP) is 1.47. The summed E-state index contributed by atoms with van der Waals surface area (Å²) in [6.45, 7) is 12.3. The first-order chi connectivity index (χ1) is 13.6. The molecule has 8 nitrogen and oxygen atoms in total. The number of epoxide rings is 1. The minimum Gasteiger partial charge on any atom is -0.420 e. The molecule has 0 aromatic carbocycles. The molecule has 1 spiro atoms. The molecule has 2 N–H and O–H groups in total. The first-order valence-corrected chi connectivity index (χ1v) is 10.4. The van der Waals surface area contributed by atoms with E-state index in [0.29, 0.717) is 12.2 Å². The Balaban J connectivity index is 1.87. The third-order valence-electron chi connectivity index (χ3n) is 7.86. The van der Waals surface area contributed by atoms with Gasteiger partial charge in [-0.2, -0.15) is 0 Å². The van der Waals surface area contributed by atoms with Crippen molar-refractivity contribution in [1.82, 2.24) is 0 Å². The summed E-state index contributed by atoms with van der Waals surface area (Å²) in [4.78, 5) is 25.0. The molecule has 4 rings (SSSR count). The molecule has 30 heavy (non-hydrogen) atoms. The van der Waals surface area contributed by atoms with E-state index in [-0.39, 0.29) is 6.42 Å². The van der Waals surface area contributed by atoms with Crippen molar-refractivity contribution in [2.75, 3.05) is 6.61 Å². The molecule has 168 valence electrons. The van der Waals surface area contributed by atoms with Crippen LogP contribution in [-0.4, -0.2) is 64.6 Å². The number of fused-ring (bicyclic) bond motifs is 2. The van der Waals surface area contributed by atoms with Crippen molar-refractivity contribution < 1.29 is 38.7 Å². The molecule has 2 heterocycles. The largest absolute Gasteiger partial charge is 0.420 e. The Morgan fingerprint density at radius 2 is 1.80 bits per heavy atom. The maximum atomic E-state index is 12.9. The van der Waals surface area contributed by atoms with Gasteiger partial charge in [0.2, 0.25) is 0 Å². The van der Waals surface area contributed by atoms with Gasteiger partial charge in [0.25, 0.3) is 5.79 Å². The summed E-state index contributed by atoms with van der Waals surface area (Å²) < 4.78 is 24.0. The van der Waals surface area contributed by atoms with Crippen molar-refractivity contribution in [2.24, 2.45) is 16.2 Å². The maximum Gasteiger partial charge on any atom is 0.314 e. The molecular weight excluding hydrogens is 392 g/mol. The van der Waals surface area contributed by atoms with Crippen LogP contribution in [0.2, 0.25) is 0 Å². The zero-order valence-corrected chi connectivity index (χ0v) is 18.6. The average Bonchev–Trinajstić information content (AvgIpc) is 3.38. The predicted molar refractivity (Wildman–Crippen MR) is 104 cm³/mol. The van der Waals surface area contributed by atoms with Gasteiger partial charge in [-0.3, -0.25) is 9.59 Å². The normalized spacial score (nSPS) is 49.3. The van der Waals surface area contributed by atoms with Crippen LogP contribution in [0.5, 0.6) is 0 Å². The van der Waals surface area contributed by atoms with E-state index in [1.165, 1.54) is 6.92 Å². The van der Waals surface area contributed by atoms with Crippen LogP contribution >= 0.6 is 0 Å². The molecular formula is C22H32O8. The molecule has 2 aliphatic heterocycles. The van der Waals surface area contributed by atoms with Crippen molar-refractivity contribution >= 4 is 11.9 Å². The van der Waals surface area contributed by atoms with Crippen molar-refractivity contribution in [2.45, 2.75) is 90.7 Å². The Kier molecular flexibility index (Phi) is 4.39.